The van der Waals surface area contributed by atoms with Gasteiger partial charge in [0.2, 0.25) is 0 Å². The van der Waals surface area contributed by atoms with Crippen molar-refractivity contribution in [3.63, 3.8) is 0 Å². The average Bonchev–Trinajstić information content (AvgIpc) is 3.15. The molecule has 0 aromatic rings. The zero-order valence-corrected chi connectivity index (χ0v) is 35.4. The number of amides is 1. The lowest BCUT2D eigenvalue weighted by Gasteiger charge is -2.22. The number of carbonyl (C=O) groups excluding carboxylic acids is 3. The highest BCUT2D eigenvalue weighted by Gasteiger charge is 2.17. The van der Waals surface area contributed by atoms with Gasteiger partial charge in [-0.3, -0.25) is 9.59 Å². The standard InChI is InChI=1S/C46H82N2O6/c1-5-7-9-11-13-15-17-19-21-23-25-27-29-31-33-36-44(49)52-42-39-48(46(51)54-41-35-38-47(3)4)40-43-53-45(50)37-34-32-30-28-26-24-22-20-18-16-14-12-10-8-6-2/h13-16,19-22H,5-12,17-18,23-43H2,1-4H3. The lowest BCUT2D eigenvalue weighted by Crippen LogP contribution is -2.38. The van der Waals surface area contributed by atoms with Crippen LogP contribution in [-0.2, 0) is 23.8 Å². The van der Waals surface area contributed by atoms with Gasteiger partial charge < -0.3 is 24.0 Å². The quantitative estimate of drug-likeness (QED) is 0.0268. The summed E-state index contributed by atoms with van der Waals surface area (Å²) in [4.78, 5) is 41.0. The molecule has 0 unspecified atom stereocenters. The molecule has 0 N–H and O–H groups in total. The molecule has 54 heavy (non-hydrogen) atoms. The number of ether oxygens (including phenoxy) is 3. The smallest absolute Gasteiger partial charge is 0.409 e. The van der Waals surface area contributed by atoms with Gasteiger partial charge in [-0.15, -0.1) is 0 Å². The number of nitrogens with zero attached hydrogens (tertiary/aromatic N) is 2. The largest absolute Gasteiger partial charge is 0.464 e. The van der Waals surface area contributed by atoms with Gasteiger partial charge in [-0.2, -0.15) is 0 Å². The molecule has 0 saturated carbocycles. The van der Waals surface area contributed by atoms with E-state index in [1.165, 1.54) is 81.9 Å². The molecule has 0 rings (SSSR count). The van der Waals surface area contributed by atoms with Crippen LogP contribution in [0.15, 0.2) is 48.6 Å². The molecule has 8 nitrogen and oxygen atoms in total. The molecule has 0 heterocycles. The normalized spacial score (nSPS) is 11.9. The van der Waals surface area contributed by atoms with Gasteiger partial charge in [0.1, 0.15) is 13.2 Å². The minimum absolute atomic E-state index is 0.0891. The van der Waals surface area contributed by atoms with E-state index in [0.717, 1.165) is 77.2 Å². The molecular weight excluding hydrogens is 677 g/mol. The van der Waals surface area contributed by atoms with Crippen LogP contribution in [0.5, 0.6) is 0 Å². The molecule has 8 heteroatoms. The molecule has 0 aromatic heterocycles. The topological polar surface area (TPSA) is 85.4 Å². The summed E-state index contributed by atoms with van der Waals surface area (Å²) in [5.41, 5.74) is 0. The summed E-state index contributed by atoms with van der Waals surface area (Å²) in [5, 5.41) is 0. The highest BCUT2D eigenvalue weighted by Crippen LogP contribution is 2.11. The van der Waals surface area contributed by atoms with Gasteiger partial charge in [0.05, 0.1) is 19.7 Å². The van der Waals surface area contributed by atoms with E-state index in [0.29, 0.717) is 19.4 Å². The third-order valence-electron chi connectivity index (χ3n) is 9.14. The van der Waals surface area contributed by atoms with Gasteiger partial charge in [0.15, 0.2) is 0 Å². The zero-order chi connectivity index (χ0) is 39.6. The molecule has 0 aliphatic heterocycles. The Kier molecular flexibility index (Phi) is 39.1. The van der Waals surface area contributed by atoms with E-state index in [1.807, 2.05) is 19.0 Å². The predicted molar refractivity (Wildman–Crippen MR) is 227 cm³/mol. The first-order chi connectivity index (χ1) is 26.4. The minimum atomic E-state index is -0.483. The van der Waals surface area contributed by atoms with Crippen LogP contribution in [0.3, 0.4) is 0 Å². The SMILES string of the molecule is CCCCCC=CCC=CCCCCCCCC(=O)OCCN(CCOC(=O)CCCCCCCC=CCC=CCCCCC)C(=O)OCCCN(C)C. The summed E-state index contributed by atoms with van der Waals surface area (Å²) >= 11 is 0. The molecule has 0 atom stereocenters. The summed E-state index contributed by atoms with van der Waals surface area (Å²) in [6, 6.07) is 0. The Balaban J connectivity index is 4.16. The maximum Gasteiger partial charge on any atom is 0.409 e. The molecule has 0 spiro atoms. The van der Waals surface area contributed by atoms with Crippen LogP contribution in [0, 0.1) is 0 Å². The van der Waals surface area contributed by atoms with E-state index in [2.05, 4.69) is 62.5 Å². The molecule has 0 aliphatic carbocycles. The summed E-state index contributed by atoms with van der Waals surface area (Å²) in [6.07, 6.45) is 44.1. The minimum Gasteiger partial charge on any atom is -0.464 e. The maximum atomic E-state index is 12.8. The van der Waals surface area contributed by atoms with Gasteiger partial charge in [-0.25, -0.2) is 4.79 Å². The Morgan fingerprint density at radius 3 is 1.22 bits per heavy atom. The number of rotatable bonds is 38. The van der Waals surface area contributed by atoms with Crippen molar-refractivity contribution in [2.45, 2.75) is 174 Å². The fourth-order valence-corrected chi connectivity index (χ4v) is 5.77. The Labute approximate surface area is 332 Å². The van der Waals surface area contributed by atoms with Gasteiger partial charge in [-0.05, 0) is 97.6 Å². The summed E-state index contributed by atoms with van der Waals surface area (Å²) < 4.78 is 16.3. The van der Waals surface area contributed by atoms with E-state index >= 15 is 0 Å². The lowest BCUT2D eigenvalue weighted by atomic mass is 10.1. The van der Waals surface area contributed by atoms with Gasteiger partial charge in [0, 0.05) is 19.4 Å². The van der Waals surface area contributed by atoms with Crippen molar-refractivity contribution in [1.29, 1.82) is 0 Å². The fourth-order valence-electron chi connectivity index (χ4n) is 5.77. The van der Waals surface area contributed by atoms with Crippen molar-refractivity contribution in [1.82, 2.24) is 9.80 Å². The van der Waals surface area contributed by atoms with Crippen molar-refractivity contribution in [3.05, 3.63) is 48.6 Å². The van der Waals surface area contributed by atoms with Crippen molar-refractivity contribution in [2.24, 2.45) is 0 Å². The Morgan fingerprint density at radius 2 is 0.815 bits per heavy atom. The second kappa shape index (κ2) is 41.3. The second-order valence-electron chi connectivity index (χ2n) is 14.7. The molecule has 0 aromatic carbocycles. The van der Waals surface area contributed by atoms with Crippen LogP contribution in [0.2, 0.25) is 0 Å². The summed E-state index contributed by atoms with van der Waals surface area (Å²) in [6.45, 7) is 6.15. The van der Waals surface area contributed by atoms with Crippen molar-refractivity contribution < 1.29 is 28.6 Å². The van der Waals surface area contributed by atoms with E-state index in [4.69, 9.17) is 14.2 Å². The predicted octanol–water partition coefficient (Wildman–Crippen LogP) is 12.1. The second-order valence-corrected chi connectivity index (χ2v) is 14.7. The average molecular weight is 759 g/mol. The van der Waals surface area contributed by atoms with E-state index < -0.39 is 6.09 Å². The number of esters is 2. The molecular formula is C46H82N2O6. The third-order valence-corrected chi connectivity index (χ3v) is 9.14. The molecule has 1 amide bonds. The first kappa shape index (κ1) is 51.1. The number of hydrogen-bond donors (Lipinski definition) is 0. The Morgan fingerprint density at radius 1 is 0.426 bits per heavy atom. The monoisotopic (exact) mass is 759 g/mol. The first-order valence-electron chi connectivity index (χ1n) is 21.9. The summed E-state index contributed by atoms with van der Waals surface area (Å²) in [5.74, 6) is -0.493. The van der Waals surface area contributed by atoms with Gasteiger partial charge >= 0.3 is 18.0 Å². The van der Waals surface area contributed by atoms with Crippen molar-refractivity contribution >= 4 is 18.0 Å². The first-order valence-corrected chi connectivity index (χ1v) is 21.9. The number of hydrogen-bond acceptors (Lipinski definition) is 7. The highest BCUT2D eigenvalue weighted by atomic mass is 16.6. The molecule has 0 aliphatic rings. The fraction of sp³-hybridized carbons (Fsp3) is 0.761. The van der Waals surface area contributed by atoms with Crippen LogP contribution >= 0.6 is 0 Å². The van der Waals surface area contributed by atoms with Crippen LogP contribution < -0.4 is 0 Å². The van der Waals surface area contributed by atoms with Crippen LogP contribution in [0.25, 0.3) is 0 Å². The van der Waals surface area contributed by atoms with Crippen LogP contribution in [-0.4, -0.2) is 81.4 Å². The molecule has 0 saturated heterocycles. The van der Waals surface area contributed by atoms with Crippen molar-refractivity contribution in [3.8, 4) is 0 Å². The zero-order valence-electron chi connectivity index (χ0n) is 35.4. The van der Waals surface area contributed by atoms with E-state index in [-0.39, 0.29) is 38.2 Å². The highest BCUT2D eigenvalue weighted by molar-refractivity contribution is 5.70. The third kappa shape index (κ3) is 38.8. The van der Waals surface area contributed by atoms with Crippen molar-refractivity contribution in [2.75, 3.05) is 53.6 Å². The number of carbonyl (C=O) groups is 3. The Hall–Kier alpha value is -2.87. The molecule has 312 valence electrons. The van der Waals surface area contributed by atoms with E-state index in [1.54, 1.807) is 0 Å². The Bertz CT molecular complexity index is 926. The van der Waals surface area contributed by atoms with E-state index in [9.17, 15) is 14.4 Å². The molecule has 0 radical (unpaired) electrons. The van der Waals surface area contributed by atoms with Gasteiger partial charge in [-0.1, -0.05) is 127 Å². The lowest BCUT2D eigenvalue weighted by molar-refractivity contribution is -0.144. The maximum absolute atomic E-state index is 12.8. The molecule has 0 fully saturated rings. The summed E-state index contributed by atoms with van der Waals surface area (Å²) in [7, 11) is 3.95. The van der Waals surface area contributed by atoms with Crippen LogP contribution in [0.1, 0.15) is 174 Å². The number of allylic oxidation sites excluding steroid dienone is 8. The van der Waals surface area contributed by atoms with Gasteiger partial charge in [0.25, 0.3) is 0 Å². The molecule has 0 bridgehead atoms. The van der Waals surface area contributed by atoms with Crippen LogP contribution in [0.4, 0.5) is 4.79 Å². The number of unbranched alkanes of at least 4 members (excludes halogenated alkanes) is 16.